The number of hydrogen-bond donors (Lipinski definition) is 0. The van der Waals surface area contributed by atoms with Gasteiger partial charge in [-0.1, -0.05) is 6.58 Å². The van der Waals surface area contributed by atoms with Gasteiger partial charge < -0.3 is 14.2 Å². The Morgan fingerprint density at radius 2 is 2.21 bits per heavy atom. The van der Waals surface area contributed by atoms with Crippen LogP contribution in [0.1, 0.15) is 6.42 Å². The summed E-state index contributed by atoms with van der Waals surface area (Å²) in [6.07, 6.45) is 1.17. The minimum atomic E-state index is -0.539. The van der Waals surface area contributed by atoms with Crippen LogP contribution in [0, 0.1) is 0 Å². The Bertz CT molecular complexity index is 231. The number of esters is 2. The van der Waals surface area contributed by atoms with Crippen LogP contribution in [0.2, 0.25) is 0 Å². The van der Waals surface area contributed by atoms with E-state index in [1.54, 1.807) is 0 Å². The van der Waals surface area contributed by atoms with E-state index in [-0.39, 0.29) is 25.7 Å². The summed E-state index contributed by atoms with van der Waals surface area (Å²) in [7, 11) is 0. The molecule has 1 aliphatic rings. The van der Waals surface area contributed by atoms with E-state index in [0.29, 0.717) is 6.61 Å². The molecule has 0 aromatic rings. The lowest BCUT2D eigenvalue weighted by Gasteiger charge is -2.02. The zero-order valence-electron chi connectivity index (χ0n) is 7.73. The summed E-state index contributed by atoms with van der Waals surface area (Å²) < 4.78 is 14.2. The van der Waals surface area contributed by atoms with Gasteiger partial charge in [-0.05, 0) is 0 Å². The fourth-order valence-corrected chi connectivity index (χ4v) is 0.716. The molecule has 0 aromatic heterocycles. The van der Waals surface area contributed by atoms with Gasteiger partial charge in [0.2, 0.25) is 0 Å². The number of ether oxygens (including phenoxy) is 3. The third kappa shape index (κ3) is 4.61. The fraction of sp³-hybridized carbons (Fsp3) is 0.556. The lowest BCUT2D eigenvalue weighted by molar-refractivity contribution is -0.147. The Labute approximate surface area is 81.6 Å². The van der Waals surface area contributed by atoms with Crippen LogP contribution in [-0.4, -0.2) is 37.9 Å². The van der Waals surface area contributed by atoms with Crippen molar-refractivity contribution >= 4 is 11.9 Å². The maximum Gasteiger partial charge on any atom is 0.330 e. The second kappa shape index (κ2) is 5.39. The molecule has 1 rings (SSSR count). The van der Waals surface area contributed by atoms with E-state index in [2.05, 4.69) is 11.3 Å². The third-order valence-electron chi connectivity index (χ3n) is 1.55. The molecule has 1 saturated heterocycles. The Morgan fingerprint density at radius 3 is 2.79 bits per heavy atom. The zero-order chi connectivity index (χ0) is 10.4. The molecule has 0 bridgehead atoms. The van der Waals surface area contributed by atoms with Crippen molar-refractivity contribution in [2.45, 2.75) is 12.5 Å². The molecule has 1 unspecified atom stereocenters. The average molecular weight is 200 g/mol. The molecule has 0 aliphatic carbocycles. The molecule has 14 heavy (non-hydrogen) atoms. The minimum absolute atomic E-state index is 0.0230. The Kier molecular flexibility index (Phi) is 4.12. The minimum Gasteiger partial charge on any atom is -0.463 e. The van der Waals surface area contributed by atoms with E-state index in [0.717, 1.165) is 6.08 Å². The number of carbonyl (C=O) groups is 2. The lowest BCUT2D eigenvalue weighted by Crippen LogP contribution is -2.13. The van der Waals surface area contributed by atoms with E-state index in [1.807, 2.05) is 0 Å². The topological polar surface area (TPSA) is 65.1 Å². The highest BCUT2D eigenvalue weighted by Crippen LogP contribution is 2.08. The van der Waals surface area contributed by atoms with Crippen LogP contribution >= 0.6 is 0 Å². The summed E-state index contributed by atoms with van der Waals surface area (Å²) in [5, 5.41) is 0. The molecule has 0 amide bonds. The molecular formula is C9H12O5. The first-order valence-electron chi connectivity index (χ1n) is 4.29. The van der Waals surface area contributed by atoms with Crippen molar-refractivity contribution in [3.8, 4) is 0 Å². The molecule has 0 spiro atoms. The molecule has 0 saturated carbocycles. The van der Waals surface area contributed by atoms with Gasteiger partial charge >= 0.3 is 11.9 Å². The Morgan fingerprint density at radius 1 is 1.50 bits per heavy atom. The quantitative estimate of drug-likeness (QED) is 0.344. The van der Waals surface area contributed by atoms with Gasteiger partial charge in [0.05, 0.1) is 13.0 Å². The van der Waals surface area contributed by atoms with Crippen molar-refractivity contribution in [2.75, 3.05) is 19.8 Å². The second-order valence-electron chi connectivity index (χ2n) is 2.76. The highest BCUT2D eigenvalue weighted by Gasteiger charge is 2.24. The Balaban J connectivity index is 1.96. The predicted octanol–water partition coefficient (Wildman–Crippen LogP) is 0.0477. The fourth-order valence-electron chi connectivity index (χ4n) is 0.716. The van der Waals surface area contributed by atoms with Crippen molar-refractivity contribution < 1.29 is 23.8 Å². The van der Waals surface area contributed by atoms with Crippen LogP contribution < -0.4 is 0 Å². The molecule has 1 atom stereocenters. The standard InChI is InChI=1S/C9H12O5/c1-2-8(10)12-4-3-9(11)14-6-7-5-13-7/h2,7H,1,3-6H2. The van der Waals surface area contributed by atoms with Gasteiger partial charge in [0.25, 0.3) is 0 Å². The maximum absolute atomic E-state index is 11.0. The van der Waals surface area contributed by atoms with Crippen LogP contribution in [0.3, 0.4) is 0 Å². The normalized spacial score (nSPS) is 18.4. The molecule has 5 nitrogen and oxygen atoms in total. The van der Waals surface area contributed by atoms with E-state index in [1.165, 1.54) is 0 Å². The van der Waals surface area contributed by atoms with E-state index in [9.17, 15) is 9.59 Å². The van der Waals surface area contributed by atoms with Crippen LogP contribution in [0.15, 0.2) is 12.7 Å². The molecule has 0 N–H and O–H groups in total. The van der Waals surface area contributed by atoms with Gasteiger partial charge in [0.1, 0.15) is 19.3 Å². The van der Waals surface area contributed by atoms with Crippen molar-refractivity contribution in [3.63, 3.8) is 0 Å². The van der Waals surface area contributed by atoms with E-state index >= 15 is 0 Å². The van der Waals surface area contributed by atoms with E-state index in [4.69, 9.17) is 9.47 Å². The molecule has 78 valence electrons. The summed E-state index contributed by atoms with van der Waals surface area (Å²) in [6, 6.07) is 0. The molecule has 5 heteroatoms. The molecule has 1 heterocycles. The monoisotopic (exact) mass is 200 g/mol. The average Bonchev–Trinajstić information content (AvgIpc) is 2.98. The highest BCUT2D eigenvalue weighted by atomic mass is 16.6. The van der Waals surface area contributed by atoms with Crippen molar-refractivity contribution in [3.05, 3.63) is 12.7 Å². The van der Waals surface area contributed by atoms with Gasteiger partial charge in [0, 0.05) is 6.08 Å². The number of epoxide rings is 1. The molecule has 0 aromatic carbocycles. The number of rotatable bonds is 6. The first kappa shape index (κ1) is 10.7. The maximum atomic E-state index is 11.0. The second-order valence-corrected chi connectivity index (χ2v) is 2.76. The summed E-state index contributed by atoms with van der Waals surface area (Å²) in [5.74, 6) is -0.930. The van der Waals surface area contributed by atoms with Gasteiger partial charge in [-0.25, -0.2) is 4.79 Å². The summed E-state index contributed by atoms with van der Waals surface area (Å²) in [6.45, 7) is 4.18. The van der Waals surface area contributed by atoms with Crippen LogP contribution in [-0.2, 0) is 23.8 Å². The zero-order valence-corrected chi connectivity index (χ0v) is 7.73. The van der Waals surface area contributed by atoms with Gasteiger partial charge in [0.15, 0.2) is 0 Å². The van der Waals surface area contributed by atoms with Gasteiger partial charge in [-0.15, -0.1) is 0 Å². The lowest BCUT2D eigenvalue weighted by atomic mass is 10.4. The van der Waals surface area contributed by atoms with E-state index < -0.39 is 11.9 Å². The summed E-state index contributed by atoms with van der Waals surface area (Å²) in [4.78, 5) is 21.5. The molecular weight excluding hydrogens is 188 g/mol. The van der Waals surface area contributed by atoms with Crippen molar-refractivity contribution in [2.24, 2.45) is 0 Å². The van der Waals surface area contributed by atoms with Crippen LogP contribution in [0.4, 0.5) is 0 Å². The third-order valence-corrected chi connectivity index (χ3v) is 1.55. The van der Waals surface area contributed by atoms with Crippen LogP contribution in [0.25, 0.3) is 0 Å². The van der Waals surface area contributed by atoms with Gasteiger partial charge in [-0.3, -0.25) is 4.79 Å². The number of hydrogen-bond acceptors (Lipinski definition) is 5. The smallest absolute Gasteiger partial charge is 0.330 e. The largest absolute Gasteiger partial charge is 0.463 e. The molecule has 1 fully saturated rings. The summed E-state index contributed by atoms with van der Waals surface area (Å²) in [5.41, 5.74) is 0. The highest BCUT2D eigenvalue weighted by molar-refractivity contribution is 5.81. The summed E-state index contributed by atoms with van der Waals surface area (Å²) >= 11 is 0. The first-order chi connectivity index (χ1) is 6.72. The predicted molar refractivity (Wildman–Crippen MR) is 46.5 cm³/mol. The number of carbonyl (C=O) groups excluding carboxylic acids is 2. The first-order valence-corrected chi connectivity index (χ1v) is 4.29. The molecule has 1 aliphatic heterocycles. The van der Waals surface area contributed by atoms with Crippen molar-refractivity contribution in [1.82, 2.24) is 0 Å². The molecule has 0 radical (unpaired) electrons. The van der Waals surface area contributed by atoms with Crippen molar-refractivity contribution in [1.29, 1.82) is 0 Å². The Hall–Kier alpha value is -1.36. The SMILES string of the molecule is C=CC(=O)OCCC(=O)OCC1CO1. The van der Waals surface area contributed by atoms with Crippen LogP contribution in [0.5, 0.6) is 0 Å². The van der Waals surface area contributed by atoms with Gasteiger partial charge in [-0.2, -0.15) is 0 Å².